The summed E-state index contributed by atoms with van der Waals surface area (Å²) in [6.45, 7) is 9.50. The second-order valence-corrected chi connectivity index (χ2v) is 6.59. The van der Waals surface area contributed by atoms with Crippen LogP contribution in [0.4, 0.5) is 4.39 Å². The van der Waals surface area contributed by atoms with Gasteiger partial charge in [0.05, 0.1) is 0 Å². The lowest BCUT2D eigenvalue weighted by molar-refractivity contribution is 0.0889. The third-order valence-electron chi connectivity index (χ3n) is 4.26. The highest BCUT2D eigenvalue weighted by atomic mass is 19.1. The van der Waals surface area contributed by atoms with Crippen molar-refractivity contribution in [2.45, 2.75) is 52.1 Å². The molecule has 2 N–H and O–H groups in total. The predicted molar refractivity (Wildman–Crippen MR) is 84.2 cm³/mol. The molecule has 0 aromatic heterocycles. The molecule has 2 atom stereocenters. The van der Waals surface area contributed by atoms with Gasteiger partial charge in [0.1, 0.15) is 5.82 Å². The van der Waals surface area contributed by atoms with Gasteiger partial charge in [0.25, 0.3) is 0 Å². The summed E-state index contributed by atoms with van der Waals surface area (Å²) in [4.78, 5) is 2.37. The smallest absolute Gasteiger partial charge is 0.123 e. The van der Waals surface area contributed by atoms with Crippen LogP contribution in [0.1, 0.15) is 39.7 Å². The van der Waals surface area contributed by atoms with Crippen molar-refractivity contribution in [2.24, 2.45) is 11.7 Å². The zero-order chi connectivity index (χ0) is 15.3. The summed E-state index contributed by atoms with van der Waals surface area (Å²) in [5.74, 6) is 0.477. The third-order valence-corrected chi connectivity index (χ3v) is 4.26. The topological polar surface area (TPSA) is 29.3 Å². The van der Waals surface area contributed by atoms with E-state index < -0.39 is 0 Å². The van der Waals surface area contributed by atoms with Crippen LogP contribution < -0.4 is 5.73 Å². The number of benzene rings is 1. The standard InChI is InChI=1S/C17H29FN2/c1-13(2)10-14(3)20(5)17(4,12-19)11-15-6-8-16(18)9-7-15/h6-9,13-14H,10-12,19H2,1-5H3. The van der Waals surface area contributed by atoms with E-state index in [1.807, 2.05) is 12.1 Å². The SMILES string of the molecule is CC(C)CC(C)N(C)C(C)(CN)Cc1ccc(F)cc1. The Kier molecular flexibility index (Phi) is 6.15. The number of rotatable bonds is 7. The number of nitrogens with two attached hydrogens (primary N) is 1. The summed E-state index contributed by atoms with van der Waals surface area (Å²) in [6.07, 6.45) is 1.98. The molecule has 1 aromatic rings. The Hall–Kier alpha value is -0.930. The van der Waals surface area contributed by atoms with Gasteiger partial charge < -0.3 is 5.73 Å². The van der Waals surface area contributed by atoms with Gasteiger partial charge in [-0.05, 0) is 57.4 Å². The Balaban J connectivity index is 2.82. The molecule has 1 rings (SSSR count). The van der Waals surface area contributed by atoms with Gasteiger partial charge >= 0.3 is 0 Å². The Labute approximate surface area is 123 Å². The number of halogens is 1. The molecule has 1 aromatic carbocycles. The van der Waals surface area contributed by atoms with Gasteiger partial charge in [-0.3, -0.25) is 4.90 Å². The van der Waals surface area contributed by atoms with Gasteiger partial charge in [-0.25, -0.2) is 4.39 Å². The molecule has 0 aliphatic carbocycles. The maximum absolute atomic E-state index is 13.0. The molecular formula is C17H29FN2. The second kappa shape index (κ2) is 7.19. The maximum atomic E-state index is 13.0. The van der Waals surface area contributed by atoms with Crippen LogP contribution in [-0.4, -0.2) is 30.1 Å². The van der Waals surface area contributed by atoms with Crippen molar-refractivity contribution in [3.63, 3.8) is 0 Å². The van der Waals surface area contributed by atoms with Crippen LogP contribution in [-0.2, 0) is 6.42 Å². The fourth-order valence-electron chi connectivity index (χ4n) is 2.76. The van der Waals surface area contributed by atoms with E-state index in [1.54, 1.807) is 0 Å². The van der Waals surface area contributed by atoms with Crippen molar-refractivity contribution in [3.8, 4) is 0 Å². The summed E-state index contributed by atoms with van der Waals surface area (Å²) in [6, 6.07) is 7.21. The Morgan fingerprint density at radius 2 is 1.75 bits per heavy atom. The normalized spacial score (nSPS) is 16.4. The molecule has 114 valence electrons. The fourth-order valence-corrected chi connectivity index (χ4v) is 2.76. The van der Waals surface area contributed by atoms with Gasteiger partial charge in [-0.15, -0.1) is 0 Å². The molecule has 0 radical (unpaired) electrons. The molecule has 0 saturated heterocycles. The lowest BCUT2D eigenvalue weighted by Gasteiger charge is -2.42. The van der Waals surface area contributed by atoms with E-state index >= 15 is 0 Å². The van der Waals surface area contributed by atoms with E-state index in [2.05, 4.69) is 39.6 Å². The monoisotopic (exact) mass is 280 g/mol. The average Bonchev–Trinajstić information content (AvgIpc) is 2.39. The van der Waals surface area contributed by atoms with Crippen molar-refractivity contribution in [1.82, 2.24) is 4.90 Å². The number of hydrogen-bond acceptors (Lipinski definition) is 2. The minimum atomic E-state index is -0.190. The molecule has 3 heteroatoms. The summed E-state index contributed by atoms with van der Waals surface area (Å²) in [5.41, 5.74) is 7.06. The van der Waals surface area contributed by atoms with E-state index in [1.165, 1.54) is 12.1 Å². The quantitative estimate of drug-likeness (QED) is 0.829. The highest BCUT2D eigenvalue weighted by molar-refractivity contribution is 5.19. The van der Waals surface area contributed by atoms with Gasteiger partial charge in [0, 0.05) is 18.1 Å². The first-order valence-electron chi connectivity index (χ1n) is 7.46. The first kappa shape index (κ1) is 17.1. The average molecular weight is 280 g/mol. The summed E-state index contributed by atoms with van der Waals surface area (Å²) < 4.78 is 13.0. The minimum absolute atomic E-state index is 0.105. The lowest BCUT2D eigenvalue weighted by Crippen LogP contribution is -2.54. The molecule has 2 nitrogen and oxygen atoms in total. The van der Waals surface area contributed by atoms with E-state index in [4.69, 9.17) is 5.73 Å². The molecule has 0 amide bonds. The van der Waals surface area contributed by atoms with E-state index in [9.17, 15) is 4.39 Å². The molecule has 20 heavy (non-hydrogen) atoms. The predicted octanol–water partition coefficient (Wildman–Crippen LogP) is 3.45. The zero-order valence-corrected chi connectivity index (χ0v) is 13.5. The lowest BCUT2D eigenvalue weighted by atomic mass is 9.89. The van der Waals surface area contributed by atoms with E-state index in [0.29, 0.717) is 18.5 Å². The summed E-state index contributed by atoms with van der Waals surface area (Å²) in [5, 5.41) is 0. The zero-order valence-electron chi connectivity index (χ0n) is 13.5. The van der Waals surface area contributed by atoms with Crippen molar-refractivity contribution < 1.29 is 4.39 Å². The molecule has 0 spiro atoms. The van der Waals surface area contributed by atoms with Crippen LogP contribution in [0.25, 0.3) is 0 Å². The Bertz CT molecular complexity index is 402. The molecule has 2 unspecified atom stereocenters. The van der Waals surface area contributed by atoms with Gasteiger partial charge in [0.2, 0.25) is 0 Å². The summed E-state index contributed by atoms with van der Waals surface area (Å²) in [7, 11) is 2.14. The van der Waals surface area contributed by atoms with Crippen molar-refractivity contribution in [2.75, 3.05) is 13.6 Å². The van der Waals surface area contributed by atoms with Crippen LogP contribution >= 0.6 is 0 Å². The number of hydrogen-bond donors (Lipinski definition) is 1. The van der Waals surface area contributed by atoms with Crippen LogP contribution in [0.2, 0.25) is 0 Å². The molecule has 0 aliphatic rings. The van der Waals surface area contributed by atoms with Crippen LogP contribution in [0.3, 0.4) is 0 Å². The van der Waals surface area contributed by atoms with Gasteiger partial charge in [-0.1, -0.05) is 26.0 Å². The Morgan fingerprint density at radius 3 is 2.20 bits per heavy atom. The molecular weight excluding hydrogens is 251 g/mol. The van der Waals surface area contributed by atoms with Crippen molar-refractivity contribution >= 4 is 0 Å². The maximum Gasteiger partial charge on any atom is 0.123 e. The first-order valence-corrected chi connectivity index (χ1v) is 7.46. The second-order valence-electron chi connectivity index (χ2n) is 6.59. The van der Waals surface area contributed by atoms with Crippen LogP contribution in [0.5, 0.6) is 0 Å². The fraction of sp³-hybridized carbons (Fsp3) is 0.647. The van der Waals surface area contributed by atoms with Crippen molar-refractivity contribution in [1.29, 1.82) is 0 Å². The molecule has 0 fully saturated rings. The van der Waals surface area contributed by atoms with Crippen LogP contribution in [0.15, 0.2) is 24.3 Å². The van der Waals surface area contributed by atoms with E-state index in [0.717, 1.165) is 18.4 Å². The molecule has 0 bridgehead atoms. The highest BCUT2D eigenvalue weighted by Gasteiger charge is 2.31. The molecule has 0 heterocycles. The number of likely N-dealkylation sites (N-methyl/N-ethyl adjacent to an activating group) is 1. The number of nitrogens with zero attached hydrogens (tertiary/aromatic N) is 1. The van der Waals surface area contributed by atoms with Crippen molar-refractivity contribution in [3.05, 3.63) is 35.6 Å². The third kappa shape index (κ3) is 4.57. The first-order chi connectivity index (χ1) is 9.28. The minimum Gasteiger partial charge on any atom is -0.329 e. The highest BCUT2D eigenvalue weighted by Crippen LogP contribution is 2.23. The Morgan fingerprint density at radius 1 is 1.20 bits per heavy atom. The molecule has 0 saturated carbocycles. The summed E-state index contributed by atoms with van der Waals surface area (Å²) >= 11 is 0. The van der Waals surface area contributed by atoms with Gasteiger partial charge in [0.15, 0.2) is 0 Å². The van der Waals surface area contributed by atoms with Gasteiger partial charge in [-0.2, -0.15) is 0 Å². The largest absolute Gasteiger partial charge is 0.329 e. The molecule has 0 aliphatic heterocycles. The van der Waals surface area contributed by atoms with E-state index in [-0.39, 0.29) is 11.4 Å². The van der Waals surface area contributed by atoms with Crippen LogP contribution in [0, 0.1) is 11.7 Å².